The SMILES string of the molecule is Cn1c(N2CCC(c3ccc(N4CCCC4)cc3)CC2)nc(-c2ccncc2)cc1=O. The molecule has 0 spiro atoms. The maximum Gasteiger partial charge on any atom is 0.255 e. The zero-order valence-corrected chi connectivity index (χ0v) is 18.1. The second-order valence-corrected chi connectivity index (χ2v) is 8.62. The first-order chi connectivity index (χ1) is 15.2. The molecule has 3 aromatic rings. The molecule has 0 N–H and O–H groups in total. The van der Waals surface area contributed by atoms with Crippen LogP contribution in [0.4, 0.5) is 11.6 Å². The lowest BCUT2D eigenvalue weighted by molar-refractivity contribution is 0.493. The summed E-state index contributed by atoms with van der Waals surface area (Å²) in [6.07, 6.45) is 8.21. The molecule has 0 saturated carbocycles. The second-order valence-electron chi connectivity index (χ2n) is 8.62. The summed E-state index contributed by atoms with van der Waals surface area (Å²) in [7, 11) is 1.81. The number of rotatable bonds is 4. The Bertz CT molecular complexity index is 1080. The quantitative estimate of drug-likeness (QED) is 0.648. The van der Waals surface area contributed by atoms with Gasteiger partial charge in [0.05, 0.1) is 5.69 Å². The molecule has 2 saturated heterocycles. The second kappa shape index (κ2) is 8.53. The molecule has 0 radical (unpaired) electrons. The Morgan fingerprint density at radius 1 is 0.871 bits per heavy atom. The smallest absolute Gasteiger partial charge is 0.255 e. The fourth-order valence-electron chi connectivity index (χ4n) is 4.83. The Morgan fingerprint density at radius 3 is 2.23 bits per heavy atom. The highest BCUT2D eigenvalue weighted by Crippen LogP contribution is 2.31. The highest BCUT2D eigenvalue weighted by atomic mass is 16.1. The molecule has 1 aromatic carbocycles. The van der Waals surface area contributed by atoms with Crippen molar-refractivity contribution in [2.45, 2.75) is 31.6 Å². The van der Waals surface area contributed by atoms with Gasteiger partial charge in [0.25, 0.3) is 5.56 Å². The Hall–Kier alpha value is -3.15. The third-order valence-electron chi connectivity index (χ3n) is 6.70. The van der Waals surface area contributed by atoms with E-state index < -0.39 is 0 Å². The third-order valence-corrected chi connectivity index (χ3v) is 6.70. The maximum atomic E-state index is 12.6. The molecule has 31 heavy (non-hydrogen) atoms. The molecule has 0 unspecified atom stereocenters. The van der Waals surface area contributed by atoms with Gasteiger partial charge in [-0.15, -0.1) is 0 Å². The molecule has 0 bridgehead atoms. The fourth-order valence-corrected chi connectivity index (χ4v) is 4.83. The average Bonchev–Trinajstić information content (AvgIpc) is 3.37. The van der Waals surface area contributed by atoms with E-state index in [1.165, 1.54) is 37.2 Å². The van der Waals surface area contributed by atoms with Gasteiger partial charge in [-0.1, -0.05) is 12.1 Å². The number of anilines is 2. The van der Waals surface area contributed by atoms with E-state index in [1.807, 2.05) is 19.2 Å². The first-order valence-electron chi connectivity index (χ1n) is 11.3. The van der Waals surface area contributed by atoms with Crippen LogP contribution in [-0.2, 0) is 7.05 Å². The zero-order valence-electron chi connectivity index (χ0n) is 18.1. The number of pyridine rings is 1. The normalized spacial score (nSPS) is 17.3. The number of aromatic nitrogens is 3. The number of piperidine rings is 1. The summed E-state index contributed by atoms with van der Waals surface area (Å²) in [5.74, 6) is 1.31. The van der Waals surface area contributed by atoms with Crippen LogP contribution in [-0.4, -0.2) is 40.7 Å². The van der Waals surface area contributed by atoms with E-state index in [9.17, 15) is 4.79 Å². The van der Waals surface area contributed by atoms with Crippen LogP contribution in [0.2, 0.25) is 0 Å². The molecule has 2 aromatic heterocycles. The monoisotopic (exact) mass is 415 g/mol. The molecule has 160 valence electrons. The van der Waals surface area contributed by atoms with Crippen molar-refractivity contribution >= 4 is 11.6 Å². The van der Waals surface area contributed by atoms with E-state index in [4.69, 9.17) is 4.98 Å². The lowest BCUT2D eigenvalue weighted by atomic mass is 9.89. The highest BCUT2D eigenvalue weighted by Gasteiger charge is 2.24. The van der Waals surface area contributed by atoms with Gasteiger partial charge in [0.2, 0.25) is 5.95 Å². The summed E-state index contributed by atoms with van der Waals surface area (Å²) >= 11 is 0. The van der Waals surface area contributed by atoms with Gasteiger partial charge < -0.3 is 9.80 Å². The van der Waals surface area contributed by atoms with Crippen LogP contribution in [0.3, 0.4) is 0 Å². The third kappa shape index (κ3) is 4.07. The predicted molar refractivity (Wildman–Crippen MR) is 125 cm³/mol. The zero-order chi connectivity index (χ0) is 21.2. The standard InChI is InChI=1S/C25H29N5O/c1-28-24(31)18-23(21-8-12-26-13-9-21)27-25(28)30-16-10-20(11-17-30)19-4-6-22(7-5-19)29-14-2-3-15-29/h4-9,12-13,18,20H,2-3,10-11,14-17H2,1H3. The Morgan fingerprint density at radius 2 is 1.55 bits per heavy atom. The van der Waals surface area contributed by atoms with E-state index in [1.54, 1.807) is 23.0 Å². The van der Waals surface area contributed by atoms with Gasteiger partial charge in [-0.05, 0) is 61.4 Å². The van der Waals surface area contributed by atoms with Gasteiger partial charge in [0, 0.05) is 62.9 Å². The lowest BCUT2D eigenvalue weighted by Crippen LogP contribution is -2.37. The fraction of sp³-hybridized carbons (Fsp3) is 0.400. The molecule has 6 heteroatoms. The number of hydrogen-bond acceptors (Lipinski definition) is 5. The summed E-state index contributed by atoms with van der Waals surface area (Å²) in [6, 6.07) is 14.6. The van der Waals surface area contributed by atoms with Crippen LogP contribution in [0.5, 0.6) is 0 Å². The molecular formula is C25H29N5O. The van der Waals surface area contributed by atoms with Crippen LogP contribution in [0.1, 0.15) is 37.2 Å². The number of benzene rings is 1. The van der Waals surface area contributed by atoms with Crippen LogP contribution < -0.4 is 15.4 Å². The van der Waals surface area contributed by atoms with Gasteiger partial charge in [-0.3, -0.25) is 14.3 Å². The van der Waals surface area contributed by atoms with Crippen LogP contribution in [0.25, 0.3) is 11.3 Å². The van der Waals surface area contributed by atoms with Crippen molar-refractivity contribution in [2.75, 3.05) is 36.0 Å². The molecule has 0 aliphatic carbocycles. The van der Waals surface area contributed by atoms with Gasteiger partial charge >= 0.3 is 0 Å². The van der Waals surface area contributed by atoms with Crippen molar-refractivity contribution in [2.24, 2.45) is 7.05 Å². The maximum absolute atomic E-state index is 12.6. The largest absolute Gasteiger partial charge is 0.372 e. The molecule has 5 rings (SSSR count). The summed E-state index contributed by atoms with van der Waals surface area (Å²) in [5, 5.41) is 0. The predicted octanol–water partition coefficient (Wildman–Crippen LogP) is 3.83. The van der Waals surface area contributed by atoms with Gasteiger partial charge in [-0.25, -0.2) is 4.98 Å². The van der Waals surface area contributed by atoms with Crippen molar-refractivity contribution in [1.82, 2.24) is 14.5 Å². The molecule has 0 atom stereocenters. The molecule has 0 amide bonds. The summed E-state index contributed by atoms with van der Waals surface area (Å²) in [4.78, 5) is 26.2. The molecule has 6 nitrogen and oxygen atoms in total. The van der Waals surface area contributed by atoms with E-state index in [0.29, 0.717) is 11.6 Å². The minimum Gasteiger partial charge on any atom is -0.372 e. The first-order valence-corrected chi connectivity index (χ1v) is 11.3. The van der Waals surface area contributed by atoms with Crippen molar-refractivity contribution in [3.63, 3.8) is 0 Å². The Labute approximate surface area is 183 Å². The lowest BCUT2D eigenvalue weighted by Gasteiger charge is -2.34. The van der Waals surface area contributed by atoms with E-state index in [-0.39, 0.29) is 5.56 Å². The Kier molecular flexibility index (Phi) is 5.45. The van der Waals surface area contributed by atoms with E-state index >= 15 is 0 Å². The van der Waals surface area contributed by atoms with Gasteiger partial charge in [-0.2, -0.15) is 0 Å². The topological polar surface area (TPSA) is 54.3 Å². The van der Waals surface area contributed by atoms with Crippen LogP contribution in [0.15, 0.2) is 59.7 Å². The van der Waals surface area contributed by atoms with Crippen molar-refractivity contribution in [1.29, 1.82) is 0 Å². The molecule has 2 aliphatic heterocycles. The molecular weight excluding hydrogens is 386 g/mol. The summed E-state index contributed by atoms with van der Waals surface area (Å²) in [6.45, 7) is 4.17. The Balaban J connectivity index is 1.30. The average molecular weight is 416 g/mol. The first kappa shape index (κ1) is 19.8. The molecule has 4 heterocycles. The number of hydrogen-bond donors (Lipinski definition) is 0. The minimum absolute atomic E-state index is 0.0311. The highest BCUT2D eigenvalue weighted by molar-refractivity contribution is 5.59. The van der Waals surface area contributed by atoms with Gasteiger partial charge in [0.1, 0.15) is 0 Å². The van der Waals surface area contributed by atoms with E-state index in [0.717, 1.165) is 37.4 Å². The summed E-state index contributed by atoms with van der Waals surface area (Å²) < 4.78 is 1.66. The molecule has 2 aliphatic rings. The molecule has 2 fully saturated rings. The van der Waals surface area contributed by atoms with Crippen LogP contribution in [0, 0.1) is 0 Å². The minimum atomic E-state index is -0.0311. The van der Waals surface area contributed by atoms with Crippen molar-refractivity contribution < 1.29 is 0 Å². The van der Waals surface area contributed by atoms with E-state index in [2.05, 4.69) is 39.0 Å². The van der Waals surface area contributed by atoms with Crippen LogP contribution >= 0.6 is 0 Å². The van der Waals surface area contributed by atoms with Crippen molar-refractivity contribution in [3.8, 4) is 11.3 Å². The van der Waals surface area contributed by atoms with Crippen molar-refractivity contribution in [3.05, 3.63) is 70.8 Å². The van der Waals surface area contributed by atoms with Gasteiger partial charge in [0.15, 0.2) is 0 Å². The number of nitrogens with zero attached hydrogens (tertiary/aromatic N) is 5. The summed E-state index contributed by atoms with van der Waals surface area (Å²) in [5.41, 5.74) is 4.37.